The molecule has 1 aliphatic carbocycles. The largest absolute Gasteiger partial charge is 0.474 e. The van der Waals surface area contributed by atoms with Crippen LogP contribution in [0.3, 0.4) is 0 Å². The van der Waals surface area contributed by atoms with Gasteiger partial charge in [0.2, 0.25) is 5.88 Å². The van der Waals surface area contributed by atoms with Crippen molar-refractivity contribution in [2.24, 2.45) is 5.92 Å². The molecule has 1 aromatic rings. The lowest BCUT2D eigenvalue weighted by Gasteiger charge is -2.29. The number of rotatable bonds is 5. The lowest BCUT2D eigenvalue weighted by Crippen LogP contribution is -2.33. The van der Waals surface area contributed by atoms with Crippen LogP contribution in [0.1, 0.15) is 63.7 Å². The fourth-order valence-corrected chi connectivity index (χ4v) is 2.76. The first-order valence-electron chi connectivity index (χ1n) is 8.81. The molecule has 25 heavy (non-hydrogen) atoms. The predicted molar refractivity (Wildman–Crippen MR) is 92.4 cm³/mol. The van der Waals surface area contributed by atoms with Gasteiger partial charge in [-0.25, -0.2) is 9.78 Å². The maximum atomic E-state index is 12.1. The van der Waals surface area contributed by atoms with Gasteiger partial charge in [0.05, 0.1) is 18.1 Å². The van der Waals surface area contributed by atoms with E-state index in [1.165, 1.54) is 6.20 Å². The number of pyridine rings is 1. The molecule has 1 aliphatic rings. The second-order valence-corrected chi connectivity index (χ2v) is 7.23. The van der Waals surface area contributed by atoms with Crippen LogP contribution in [0.2, 0.25) is 0 Å². The molecule has 0 bridgehead atoms. The first-order chi connectivity index (χ1) is 11.8. The number of hydrogen-bond donors (Lipinski definition) is 0. The molecule has 0 amide bonds. The minimum absolute atomic E-state index is 0.0274. The lowest BCUT2D eigenvalue weighted by atomic mass is 9.87. The Balaban J connectivity index is 1.82. The zero-order chi connectivity index (χ0) is 18.4. The minimum Gasteiger partial charge on any atom is -0.474 e. The number of hydrogen-bond acceptors (Lipinski definition) is 6. The summed E-state index contributed by atoms with van der Waals surface area (Å²) in [5.74, 6) is -0.0886. The molecule has 1 saturated carbocycles. The number of esters is 2. The smallest absolute Gasteiger partial charge is 0.339 e. The van der Waals surface area contributed by atoms with Crippen molar-refractivity contribution in [3.05, 3.63) is 23.9 Å². The van der Waals surface area contributed by atoms with Crippen LogP contribution in [0.25, 0.3) is 0 Å². The van der Waals surface area contributed by atoms with Gasteiger partial charge in [0, 0.05) is 12.3 Å². The van der Waals surface area contributed by atoms with Gasteiger partial charge in [0.1, 0.15) is 11.7 Å². The lowest BCUT2D eigenvalue weighted by molar-refractivity contribution is -0.161. The second-order valence-electron chi connectivity index (χ2n) is 7.23. The Kier molecular flexibility index (Phi) is 6.39. The molecule has 1 aromatic heterocycles. The Morgan fingerprint density at radius 2 is 1.84 bits per heavy atom. The van der Waals surface area contributed by atoms with Crippen molar-refractivity contribution >= 4 is 11.9 Å². The highest BCUT2D eigenvalue weighted by atomic mass is 16.6. The van der Waals surface area contributed by atoms with Crippen LogP contribution in [-0.2, 0) is 14.3 Å². The molecule has 0 aliphatic heterocycles. The quantitative estimate of drug-likeness (QED) is 0.757. The van der Waals surface area contributed by atoms with Crippen molar-refractivity contribution < 1.29 is 23.8 Å². The molecule has 6 nitrogen and oxygen atoms in total. The van der Waals surface area contributed by atoms with Gasteiger partial charge in [-0.1, -0.05) is 0 Å². The average Bonchev–Trinajstić information content (AvgIpc) is 2.55. The van der Waals surface area contributed by atoms with E-state index in [1.54, 1.807) is 19.1 Å². The Morgan fingerprint density at radius 1 is 1.16 bits per heavy atom. The minimum atomic E-state index is -0.449. The number of ether oxygens (including phenoxy) is 3. The van der Waals surface area contributed by atoms with Crippen LogP contribution in [0.5, 0.6) is 5.88 Å². The van der Waals surface area contributed by atoms with Crippen molar-refractivity contribution in [1.29, 1.82) is 0 Å². The van der Waals surface area contributed by atoms with Gasteiger partial charge in [-0.15, -0.1) is 0 Å². The second kappa shape index (κ2) is 8.32. The van der Waals surface area contributed by atoms with E-state index in [9.17, 15) is 9.59 Å². The molecule has 2 rings (SSSR count). The molecule has 0 spiro atoms. The van der Waals surface area contributed by atoms with E-state index in [1.807, 2.05) is 20.8 Å². The van der Waals surface area contributed by atoms with Gasteiger partial charge in [-0.3, -0.25) is 4.79 Å². The van der Waals surface area contributed by atoms with E-state index in [2.05, 4.69) is 4.98 Å². The summed E-state index contributed by atoms with van der Waals surface area (Å²) in [7, 11) is 0. The molecule has 0 N–H and O–H groups in total. The highest BCUT2D eigenvalue weighted by Gasteiger charge is 2.30. The van der Waals surface area contributed by atoms with Gasteiger partial charge < -0.3 is 14.2 Å². The van der Waals surface area contributed by atoms with E-state index in [0.29, 0.717) is 18.1 Å². The number of nitrogens with zero attached hydrogens (tertiary/aromatic N) is 1. The molecule has 0 atom stereocenters. The highest BCUT2D eigenvalue weighted by molar-refractivity contribution is 5.89. The number of carbonyl (C=O) groups excluding carboxylic acids is 2. The summed E-state index contributed by atoms with van der Waals surface area (Å²) in [5.41, 5.74) is -0.0440. The van der Waals surface area contributed by atoms with Crippen molar-refractivity contribution in [2.75, 3.05) is 6.61 Å². The van der Waals surface area contributed by atoms with Crippen LogP contribution < -0.4 is 4.74 Å². The summed E-state index contributed by atoms with van der Waals surface area (Å²) < 4.78 is 16.2. The first-order valence-corrected chi connectivity index (χ1v) is 8.81. The fraction of sp³-hybridized carbons (Fsp3) is 0.632. The van der Waals surface area contributed by atoms with Gasteiger partial charge in [0.15, 0.2) is 0 Å². The summed E-state index contributed by atoms with van der Waals surface area (Å²) in [6, 6.07) is 3.32. The molecule has 0 unspecified atom stereocenters. The molecule has 0 radical (unpaired) electrons. The van der Waals surface area contributed by atoms with E-state index in [4.69, 9.17) is 14.2 Å². The fourth-order valence-electron chi connectivity index (χ4n) is 2.76. The summed E-state index contributed by atoms with van der Waals surface area (Å²) in [6.07, 6.45) is 4.55. The zero-order valence-electron chi connectivity index (χ0n) is 15.4. The van der Waals surface area contributed by atoms with Crippen LogP contribution in [0.15, 0.2) is 18.3 Å². The summed E-state index contributed by atoms with van der Waals surface area (Å²) in [5, 5.41) is 0. The Morgan fingerprint density at radius 3 is 2.36 bits per heavy atom. The predicted octanol–water partition coefficient (Wildman–Crippen LogP) is 3.54. The van der Waals surface area contributed by atoms with Crippen LogP contribution in [0, 0.1) is 5.92 Å². The van der Waals surface area contributed by atoms with Crippen LogP contribution >= 0.6 is 0 Å². The number of carbonyl (C=O) groups is 2. The van der Waals surface area contributed by atoms with E-state index in [0.717, 1.165) is 25.7 Å². The number of aromatic nitrogens is 1. The van der Waals surface area contributed by atoms with Crippen LogP contribution in [0.4, 0.5) is 0 Å². The first kappa shape index (κ1) is 19.2. The third kappa shape index (κ3) is 6.03. The van der Waals surface area contributed by atoms with Crippen molar-refractivity contribution in [3.63, 3.8) is 0 Å². The molecular weight excluding hydrogens is 322 g/mol. The van der Waals surface area contributed by atoms with Gasteiger partial charge in [-0.2, -0.15) is 0 Å². The summed E-state index contributed by atoms with van der Waals surface area (Å²) in [6.45, 7) is 7.73. The molecule has 0 saturated heterocycles. The third-order valence-electron chi connectivity index (χ3n) is 3.95. The SMILES string of the molecule is CCOC(=O)c1ccc(O[C@H]2CC[C@@H](C(=O)OC(C)(C)C)CC2)nc1. The maximum absolute atomic E-state index is 12.1. The summed E-state index contributed by atoms with van der Waals surface area (Å²) >= 11 is 0. The van der Waals surface area contributed by atoms with E-state index in [-0.39, 0.29) is 24.0 Å². The third-order valence-corrected chi connectivity index (χ3v) is 3.95. The summed E-state index contributed by atoms with van der Waals surface area (Å²) in [4.78, 5) is 27.9. The monoisotopic (exact) mass is 349 g/mol. The van der Waals surface area contributed by atoms with Gasteiger partial charge >= 0.3 is 11.9 Å². The average molecular weight is 349 g/mol. The topological polar surface area (TPSA) is 74.7 Å². The zero-order valence-corrected chi connectivity index (χ0v) is 15.4. The van der Waals surface area contributed by atoms with Crippen LogP contribution in [-0.4, -0.2) is 35.2 Å². The van der Waals surface area contributed by atoms with E-state index < -0.39 is 5.60 Å². The normalized spacial score (nSPS) is 20.6. The molecule has 0 aromatic carbocycles. The van der Waals surface area contributed by atoms with Crippen molar-refractivity contribution in [2.45, 2.75) is 65.1 Å². The Labute approximate surface area is 148 Å². The Bertz CT molecular complexity index is 583. The molecular formula is C19H27NO5. The van der Waals surface area contributed by atoms with Gasteiger partial charge in [-0.05, 0) is 59.4 Å². The Hall–Kier alpha value is -2.11. The highest BCUT2D eigenvalue weighted by Crippen LogP contribution is 2.29. The van der Waals surface area contributed by atoms with E-state index >= 15 is 0 Å². The van der Waals surface area contributed by atoms with Crippen molar-refractivity contribution in [3.8, 4) is 5.88 Å². The maximum Gasteiger partial charge on any atom is 0.339 e. The standard InChI is InChI=1S/C19H27NO5/c1-5-23-17(21)14-8-11-16(20-12-14)24-15-9-6-13(7-10-15)18(22)25-19(2,3)4/h8,11-13,15H,5-7,9-10H2,1-4H3/t13-,15+. The molecule has 1 fully saturated rings. The molecule has 6 heteroatoms. The van der Waals surface area contributed by atoms with Crippen molar-refractivity contribution in [1.82, 2.24) is 4.98 Å². The van der Waals surface area contributed by atoms with Gasteiger partial charge in [0.25, 0.3) is 0 Å². The molecule has 138 valence electrons. The molecule has 1 heterocycles.